The van der Waals surface area contributed by atoms with Crippen LogP contribution in [0.3, 0.4) is 0 Å². The maximum absolute atomic E-state index is 12.9. The van der Waals surface area contributed by atoms with Gasteiger partial charge in [0.15, 0.2) is 6.10 Å². The largest absolute Gasteiger partial charge is 0.462 e. The summed E-state index contributed by atoms with van der Waals surface area (Å²) in [5.74, 6) is -0.945. The highest BCUT2D eigenvalue weighted by Crippen LogP contribution is 2.15. The number of allylic oxidation sites excluding steroid dienone is 26. The fourth-order valence-electron chi connectivity index (χ4n) is 8.80. The second-order valence-corrected chi connectivity index (χ2v) is 21.6. The molecule has 462 valence electrons. The molecule has 0 aromatic carbocycles. The Morgan fingerprint density at radius 3 is 0.744 bits per heavy atom. The molecule has 0 aliphatic rings. The molecule has 0 rings (SSSR count). The van der Waals surface area contributed by atoms with Crippen LogP contribution in [0.25, 0.3) is 0 Å². The van der Waals surface area contributed by atoms with Gasteiger partial charge in [-0.3, -0.25) is 14.4 Å². The zero-order valence-corrected chi connectivity index (χ0v) is 52.9. The molecule has 0 saturated carbocycles. The maximum atomic E-state index is 12.9. The van der Waals surface area contributed by atoms with Crippen molar-refractivity contribution >= 4 is 17.9 Å². The van der Waals surface area contributed by atoms with Crippen LogP contribution in [0.4, 0.5) is 0 Å². The van der Waals surface area contributed by atoms with Crippen molar-refractivity contribution in [3.8, 4) is 0 Å². The van der Waals surface area contributed by atoms with Crippen molar-refractivity contribution in [1.29, 1.82) is 0 Å². The minimum Gasteiger partial charge on any atom is -0.462 e. The predicted molar refractivity (Wildman–Crippen MR) is 357 cm³/mol. The molecule has 82 heavy (non-hydrogen) atoms. The number of hydrogen-bond acceptors (Lipinski definition) is 6. The van der Waals surface area contributed by atoms with Gasteiger partial charge in [0.1, 0.15) is 13.2 Å². The molecule has 0 aliphatic heterocycles. The van der Waals surface area contributed by atoms with Gasteiger partial charge in [0.2, 0.25) is 0 Å². The molecule has 0 fully saturated rings. The van der Waals surface area contributed by atoms with Crippen LogP contribution in [0.2, 0.25) is 0 Å². The first kappa shape index (κ1) is 77.0. The van der Waals surface area contributed by atoms with Gasteiger partial charge in [-0.1, -0.05) is 275 Å². The lowest BCUT2D eigenvalue weighted by atomic mass is 10.1. The van der Waals surface area contributed by atoms with Crippen molar-refractivity contribution in [2.45, 2.75) is 290 Å². The van der Waals surface area contributed by atoms with Crippen molar-refractivity contribution in [3.05, 3.63) is 158 Å². The molecule has 6 heteroatoms. The summed E-state index contributed by atoms with van der Waals surface area (Å²) in [6, 6.07) is 0. The normalized spacial score (nSPS) is 13.2. The third kappa shape index (κ3) is 65.8. The molecule has 0 aromatic heterocycles. The number of carbonyl (C=O) groups is 3. The van der Waals surface area contributed by atoms with Gasteiger partial charge in [-0.2, -0.15) is 0 Å². The Labute approximate surface area is 505 Å². The van der Waals surface area contributed by atoms with Gasteiger partial charge < -0.3 is 14.2 Å². The van der Waals surface area contributed by atoms with Crippen LogP contribution < -0.4 is 0 Å². The molecular formula is C76H122O6. The van der Waals surface area contributed by atoms with Crippen LogP contribution in [0.5, 0.6) is 0 Å². The number of unbranched alkanes of at least 4 members (excludes halogenated alkanes) is 22. The topological polar surface area (TPSA) is 78.9 Å². The Balaban J connectivity index is 4.38. The third-order valence-electron chi connectivity index (χ3n) is 13.7. The first-order chi connectivity index (χ1) is 40.5. The van der Waals surface area contributed by atoms with Crippen molar-refractivity contribution in [2.75, 3.05) is 13.2 Å². The number of hydrogen-bond donors (Lipinski definition) is 0. The van der Waals surface area contributed by atoms with E-state index in [1.807, 2.05) is 0 Å². The van der Waals surface area contributed by atoms with Crippen LogP contribution in [0.1, 0.15) is 284 Å². The van der Waals surface area contributed by atoms with E-state index in [0.717, 1.165) is 173 Å². The average molecular weight is 1130 g/mol. The highest BCUT2D eigenvalue weighted by Gasteiger charge is 2.19. The van der Waals surface area contributed by atoms with Gasteiger partial charge in [0, 0.05) is 19.3 Å². The fraction of sp³-hybridized carbons (Fsp3) is 0.618. The summed E-state index contributed by atoms with van der Waals surface area (Å²) in [6.45, 7) is 6.36. The highest BCUT2D eigenvalue weighted by molar-refractivity contribution is 5.71. The van der Waals surface area contributed by atoms with E-state index in [9.17, 15) is 14.4 Å². The Bertz CT molecular complexity index is 1830. The SMILES string of the molecule is CC/C=C\C/C=C\C/C=C\C/C=C\C/C=C\C/C=C\C/C=C\CCCCCCCCCCCC(=O)OCC(COC(=O)CCCCCCC/C=C\C/C=C\CCCCCC)OC(=O)CCCCCC/C=C\C/C=C\C/C=C\C/C=C\CC. The predicted octanol–water partition coefficient (Wildman–Crippen LogP) is 23.3. The van der Waals surface area contributed by atoms with E-state index in [-0.39, 0.29) is 37.5 Å². The molecule has 1 unspecified atom stereocenters. The van der Waals surface area contributed by atoms with Crippen LogP contribution >= 0.6 is 0 Å². The summed E-state index contributed by atoms with van der Waals surface area (Å²) < 4.78 is 16.9. The Hall–Kier alpha value is -4.97. The van der Waals surface area contributed by atoms with E-state index in [4.69, 9.17) is 14.2 Å². The molecule has 0 saturated heterocycles. The Kier molecular flexibility index (Phi) is 64.4. The Morgan fingerprint density at radius 1 is 0.256 bits per heavy atom. The van der Waals surface area contributed by atoms with E-state index in [1.165, 1.54) is 70.6 Å². The molecule has 0 radical (unpaired) electrons. The molecule has 0 aromatic rings. The van der Waals surface area contributed by atoms with Crippen LogP contribution in [-0.4, -0.2) is 37.2 Å². The van der Waals surface area contributed by atoms with Gasteiger partial charge in [0.05, 0.1) is 0 Å². The summed E-state index contributed by atoms with van der Waals surface area (Å²) in [4.78, 5) is 38.4. The molecule has 1 atom stereocenters. The van der Waals surface area contributed by atoms with Gasteiger partial charge in [-0.05, 0) is 148 Å². The second-order valence-electron chi connectivity index (χ2n) is 21.6. The number of esters is 3. The summed E-state index contributed by atoms with van der Waals surface area (Å²) in [6.07, 6.45) is 99.6. The highest BCUT2D eigenvalue weighted by atomic mass is 16.6. The number of ether oxygens (including phenoxy) is 3. The van der Waals surface area contributed by atoms with Crippen LogP contribution in [-0.2, 0) is 28.6 Å². The van der Waals surface area contributed by atoms with Gasteiger partial charge >= 0.3 is 17.9 Å². The van der Waals surface area contributed by atoms with Gasteiger partial charge in [-0.25, -0.2) is 0 Å². The van der Waals surface area contributed by atoms with Crippen molar-refractivity contribution in [3.63, 3.8) is 0 Å². The summed E-state index contributed by atoms with van der Waals surface area (Å²) in [5.41, 5.74) is 0. The molecule has 0 N–H and O–H groups in total. The zero-order chi connectivity index (χ0) is 59.2. The zero-order valence-electron chi connectivity index (χ0n) is 52.9. The van der Waals surface area contributed by atoms with E-state index >= 15 is 0 Å². The molecule has 0 heterocycles. The van der Waals surface area contributed by atoms with E-state index in [1.54, 1.807) is 0 Å². The average Bonchev–Trinajstić information content (AvgIpc) is 3.48. The van der Waals surface area contributed by atoms with E-state index < -0.39 is 6.10 Å². The summed E-state index contributed by atoms with van der Waals surface area (Å²) in [7, 11) is 0. The second kappa shape index (κ2) is 68.5. The lowest BCUT2D eigenvalue weighted by Crippen LogP contribution is -2.30. The monoisotopic (exact) mass is 1130 g/mol. The summed E-state index contributed by atoms with van der Waals surface area (Å²) >= 11 is 0. The number of carbonyl (C=O) groups excluding carboxylic acids is 3. The molecule has 0 bridgehead atoms. The van der Waals surface area contributed by atoms with Crippen molar-refractivity contribution in [1.82, 2.24) is 0 Å². The minimum atomic E-state index is -0.808. The van der Waals surface area contributed by atoms with E-state index in [0.29, 0.717) is 12.8 Å². The standard InChI is InChI=1S/C76H122O6/c1-4-7-10-13-16-19-22-25-28-31-32-33-34-35-36-37-38-39-40-41-42-43-44-46-48-51-54-57-60-63-66-69-75(78)81-72-73(71-80-74(77)68-65-62-59-56-53-50-47-30-27-24-21-18-15-12-9-6-3)82-76(79)70-67-64-61-58-55-52-49-45-29-26-23-20-17-14-11-8-5-2/h7-8,10-11,16-17,19-21,24-26,28-30,32-33,35-36,38-39,41-42,47,49,52,73H,4-6,9,12-15,18,22-23,27,31,34,37,40,43-46,48,50-51,53-72H2,1-3H3/b10-7-,11-8-,19-16-,20-17-,24-21-,28-25-,29-26-,33-32-,36-35-,39-38-,42-41-,47-30-,52-49-. The first-order valence-electron chi connectivity index (χ1n) is 33.5. The van der Waals surface area contributed by atoms with Crippen LogP contribution in [0.15, 0.2) is 158 Å². The van der Waals surface area contributed by atoms with E-state index in [2.05, 4.69) is 179 Å². The van der Waals surface area contributed by atoms with Crippen molar-refractivity contribution in [2.24, 2.45) is 0 Å². The fourth-order valence-corrected chi connectivity index (χ4v) is 8.80. The van der Waals surface area contributed by atoms with Gasteiger partial charge in [0.25, 0.3) is 0 Å². The van der Waals surface area contributed by atoms with Crippen LogP contribution in [0, 0.1) is 0 Å². The lowest BCUT2D eigenvalue weighted by Gasteiger charge is -2.18. The molecular weight excluding hydrogens is 1010 g/mol. The minimum absolute atomic E-state index is 0.101. The lowest BCUT2D eigenvalue weighted by molar-refractivity contribution is -0.167. The molecule has 0 amide bonds. The van der Waals surface area contributed by atoms with Gasteiger partial charge in [-0.15, -0.1) is 0 Å². The smallest absolute Gasteiger partial charge is 0.306 e. The molecule has 6 nitrogen and oxygen atoms in total. The summed E-state index contributed by atoms with van der Waals surface area (Å²) in [5, 5.41) is 0. The Morgan fingerprint density at radius 2 is 0.476 bits per heavy atom. The van der Waals surface area contributed by atoms with Crippen molar-refractivity contribution < 1.29 is 28.6 Å². The third-order valence-corrected chi connectivity index (χ3v) is 13.7. The number of rotatable bonds is 59. The molecule has 0 aliphatic carbocycles. The first-order valence-corrected chi connectivity index (χ1v) is 33.5. The quantitative estimate of drug-likeness (QED) is 0.0261. The molecule has 0 spiro atoms. The maximum Gasteiger partial charge on any atom is 0.306 e.